The zero-order valence-electron chi connectivity index (χ0n) is 4.21. The van der Waals surface area contributed by atoms with Gasteiger partial charge in [0.2, 0.25) is 9.84 Å². The van der Waals surface area contributed by atoms with Crippen LogP contribution in [0.2, 0.25) is 0 Å². The minimum absolute atomic E-state index is 1.12. The zero-order chi connectivity index (χ0) is 7.49. The van der Waals surface area contributed by atoms with E-state index in [2.05, 4.69) is 0 Å². The van der Waals surface area contributed by atoms with E-state index in [1.165, 1.54) is 0 Å². The van der Waals surface area contributed by atoms with Gasteiger partial charge in [-0.25, -0.2) is 8.42 Å². The van der Waals surface area contributed by atoms with Crippen molar-refractivity contribution in [3.63, 3.8) is 0 Å². The van der Waals surface area contributed by atoms with Crippen molar-refractivity contribution in [3.05, 3.63) is 0 Å². The highest BCUT2D eigenvalue weighted by molar-refractivity contribution is 7.91. The summed E-state index contributed by atoms with van der Waals surface area (Å²) in [5.74, 6) is -4.55. The first kappa shape index (κ1) is 8.30. The van der Waals surface area contributed by atoms with Gasteiger partial charge in [-0.3, -0.25) is 0 Å². The third-order valence-electron chi connectivity index (χ3n) is 0.537. The van der Waals surface area contributed by atoms with Gasteiger partial charge in [-0.15, -0.1) is 0 Å². The van der Waals surface area contributed by atoms with Gasteiger partial charge in [0, 0.05) is 0 Å². The maximum Gasteiger partial charge on any atom is 0.337 e. The molecule has 0 rings (SSSR count). The molecule has 0 aromatic carbocycles. The first-order chi connectivity index (χ1) is 4.00. The molecule has 6 heteroatoms. The minimum atomic E-state index is -4.44. The zero-order valence-corrected chi connectivity index (χ0v) is 5.03. The molecule has 0 spiro atoms. The van der Waals surface area contributed by atoms with Crippen molar-refractivity contribution >= 4 is 9.84 Å². The number of halogens is 2. The number of rotatable bonds is 2. The van der Waals surface area contributed by atoms with E-state index in [9.17, 15) is 17.2 Å². The summed E-state index contributed by atoms with van der Waals surface area (Å²) in [6.07, 6.45) is 0. The molecule has 0 amide bonds. The summed E-state index contributed by atoms with van der Waals surface area (Å²) < 4.78 is 42.4. The van der Waals surface area contributed by atoms with Crippen LogP contribution in [0.3, 0.4) is 0 Å². The van der Waals surface area contributed by atoms with Crippen molar-refractivity contribution in [1.29, 1.82) is 5.26 Å². The van der Waals surface area contributed by atoms with Crippen molar-refractivity contribution in [2.45, 2.75) is 5.76 Å². The van der Waals surface area contributed by atoms with E-state index >= 15 is 0 Å². The molecular weight excluding hydrogens is 152 g/mol. The summed E-state index contributed by atoms with van der Waals surface area (Å²) in [7, 11) is -4.44. The Balaban J connectivity index is 4.28. The highest BCUT2D eigenvalue weighted by Gasteiger charge is 2.22. The fourth-order valence-electron chi connectivity index (χ4n) is 0.153. The largest absolute Gasteiger partial charge is 0.337 e. The molecule has 0 aliphatic carbocycles. The maximum atomic E-state index is 11.3. The van der Waals surface area contributed by atoms with Crippen LogP contribution in [0, 0.1) is 11.3 Å². The second kappa shape index (κ2) is 2.73. The summed E-state index contributed by atoms with van der Waals surface area (Å²) in [4.78, 5) is 0. The van der Waals surface area contributed by atoms with Gasteiger partial charge in [0.1, 0.15) is 5.75 Å². The topological polar surface area (TPSA) is 57.9 Å². The first-order valence-corrected chi connectivity index (χ1v) is 3.59. The molecule has 0 aromatic heterocycles. The fourth-order valence-corrected chi connectivity index (χ4v) is 0.459. The molecule has 52 valence electrons. The molecule has 0 radical (unpaired) electrons. The van der Waals surface area contributed by atoms with Crippen LogP contribution in [0.4, 0.5) is 8.78 Å². The van der Waals surface area contributed by atoms with Crippen LogP contribution < -0.4 is 0 Å². The van der Waals surface area contributed by atoms with Crippen molar-refractivity contribution in [2.75, 3.05) is 5.75 Å². The van der Waals surface area contributed by atoms with Crippen molar-refractivity contribution < 1.29 is 17.2 Å². The Kier molecular flexibility index (Phi) is 2.52. The molecule has 3 nitrogen and oxygen atoms in total. The van der Waals surface area contributed by atoms with E-state index in [0.717, 1.165) is 6.07 Å². The van der Waals surface area contributed by atoms with Gasteiger partial charge in [0.05, 0.1) is 6.07 Å². The van der Waals surface area contributed by atoms with E-state index in [4.69, 9.17) is 5.26 Å². The Morgan fingerprint density at radius 2 is 2.00 bits per heavy atom. The van der Waals surface area contributed by atoms with Crippen LogP contribution in [0.25, 0.3) is 0 Å². The summed E-state index contributed by atoms with van der Waals surface area (Å²) in [5, 5.41) is 7.69. The number of nitrogens with zero attached hydrogens (tertiary/aromatic N) is 1. The number of hydrogen-bond donors (Lipinski definition) is 0. The van der Waals surface area contributed by atoms with Crippen LogP contribution in [-0.4, -0.2) is 19.9 Å². The molecule has 0 unspecified atom stereocenters. The molecule has 0 aliphatic heterocycles. The number of nitriles is 1. The van der Waals surface area contributed by atoms with Crippen molar-refractivity contribution in [2.24, 2.45) is 0 Å². The third-order valence-corrected chi connectivity index (χ3v) is 1.61. The minimum Gasteiger partial charge on any atom is -0.222 e. The smallest absolute Gasteiger partial charge is 0.222 e. The standard InChI is InChI=1S/C3H3F2NO2S/c4-3(5)9(7,8)2-1-6/h3H,2H2. The second-order valence-corrected chi connectivity index (χ2v) is 3.20. The van der Waals surface area contributed by atoms with E-state index in [1.54, 1.807) is 0 Å². The molecule has 0 heterocycles. The molecule has 0 atom stereocenters. The highest BCUT2D eigenvalue weighted by atomic mass is 32.2. The van der Waals surface area contributed by atoms with Gasteiger partial charge < -0.3 is 0 Å². The van der Waals surface area contributed by atoms with Crippen LogP contribution in [0.5, 0.6) is 0 Å². The summed E-state index contributed by atoms with van der Waals surface area (Å²) in [5.41, 5.74) is 0. The molecule has 0 aromatic rings. The Bertz CT molecular complexity index is 214. The number of alkyl halides is 2. The third kappa shape index (κ3) is 2.37. The Hall–Kier alpha value is -0.700. The lowest BCUT2D eigenvalue weighted by Gasteiger charge is -1.92. The van der Waals surface area contributed by atoms with Crippen LogP contribution in [-0.2, 0) is 9.84 Å². The van der Waals surface area contributed by atoms with Crippen LogP contribution >= 0.6 is 0 Å². The van der Waals surface area contributed by atoms with Crippen LogP contribution in [0.15, 0.2) is 0 Å². The maximum absolute atomic E-state index is 11.3. The first-order valence-electron chi connectivity index (χ1n) is 1.87. The van der Waals surface area contributed by atoms with Gasteiger partial charge in [-0.2, -0.15) is 14.0 Å². The van der Waals surface area contributed by atoms with Crippen molar-refractivity contribution in [1.82, 2.24) is 0 Å². The molecule has 0 aliphatic rings. The molecule has 0 N–H and O–H groups in total. The average Bonchev–Trinajstić information content (AvgIpc) is 1.65. The predicted molar refractivity (Wildman–Crippen MR) is 25.4 cm³/mol. The Morgan fingerprint density at radius 1 is 1.56 bits per heavy atom. The van der Waals surface area contributed by atoms with E-state index in [1.807, 2.05) is 0 Å². The SMILES string of the molecule is N#CCS(=O)(=O)C(F)F. The van der Waals surface area contributed by atoms with Gasteiger partial charge in [-0.1, -0.05) is 0 Å². The van der Waals surface area contributed by atoms with Crippen LogP contribution in [0.1, 0.15) is 0 Å². The molecule has 0 saturated carbocycles. The van der Waals surface area contributed by atoms with E-state index in [0.29, 0.717) is 0 Å². The van der Waals surface area contributed by atoms with Crippen molar-refractivity contribution in [3.8, 4) is 6.07 Å². The summed E-state index contributed by atoms with van der Waals surface area (Å²) >= 11 is 0. The van der Waals surface area contributed by atoms with Gasteiger partial charge in [0.15, 0.2) is 0 Å². The van der Waals surface area contributed by atoms with Gasteiger partial charge in [-0.05, 0) is 0 Å². The monoisotopic (exact) mass is 155 g/mol. The summed E-state index contributed by atoms with van der Waals surface area (Å²) in [6.45, 7) is 0. The normalized spacial score (nSPS) is 11.3. The molecule has 0 bridgehead atoms. The summed E-state index contributed by atoms with van der Waals surface area (Å²) in [6, 6.07) is 1.12. The molecule has 0 fully saturated rings. The number of hydrogen-bond acceptors (Lipinski definition) is 3. The molecular formula is C3H3F2NO2S. The predicted octanol–water partition coefficient (Wildman–Crippen LogP) is 0.147. The number of sulfone groups is 1. The Labute approximate surface area is 50.8 Å². The van der Waals surface area contributed by atoms with E-state index in [-0.39, 0.29) is 0 Å². The highest BCUT2D eigenvalue weighted by Crippen LogP contribution is 2.03. The average molecular weight is 155 g/mol. The lowest BCUT2D eigenvalue weighted by Crippen LogP contribution is -2.13. The van der Waals surface area contributed by atoms with Gasteiger partial charge >= 0.3 is 5.76 Å². The lowest BCUT2D eigenvalue weighted by molar-refractivity contribution is 0.235. The lowest BCUT2D eigenvalue weighted by atomic mass is 10.9. The second-order valence-electron chi connectivity index (χ2n) is 1.23. The van der Waals surface area contributed by atoms with Gasteiger partial charge in [0.25, 0.3) is 0 Å². The quantitative estimate of drug-likeness (QED) is 0.570. The fraction of sp³-hybridized carbons (Fsp3) is 0.667. The Morgan fingerprint density at radius 3 is 2.11 bits per heavy atom. The molecule has 9 heavy (non-hydrogen) atoms. The molecule has 0 saturated heterocycles. The van der Waals surface area contributed by atoms with E-state index < -0.39 is 21.3 Å².